The molecule has 1 aromatic rings. The van der Waals surface area contributed by atoms with Gasteiger partial charge >= 0.3 is 0 Å². The van der Waals surface area contributed by atoms with Crippen molar-refractivity contribution in [2.24, 2.45) is 5.73 Å². The van der Waals surface area contributed by atoms with Crippen molar-refractivity contribution in [3.63, 3.8) is 0 Å². The molecule has 4 nitrogen and oxygen atoms in total. The van der Waals surface area contributed by atoms with Gasteiger partial charge in [-0.2, -0.15) is 11.8 Å². The molecule has 1 aliphatic rings. The molecule has 0 radical (unpaired) electrons. The summed E-state index contributed by atoms with van der Waals surface area (Å²) < 4.78 is 0. The largest absolute Gasteiger partial charge is 0.382 e. The number of thioether (sulfide) groups is 1. The number of nitrogens with zero attached hydrogens (tertiary/aromatic N) is 2. The Kier molecular flexibility index (Phi) is 3.66. The molecule has 1 saturated heterocycles. The van der Waals surface area contributed by atoms with Crippen LogP contribution in [-0.4, -0.2) is 35.4 Å². The smallest absolute Gasteiger partial charge is 0.141 e. The maximum atomic E-state index is 7.38. The number of nitrogen functional groups attached to an aromatic ring is 1. The number of rotatable bonds is 2. The van der Waals surface area contributed by atoms with E-state index in [1.807, 2.05) is 23.9 Å². The molecule has 0 amide bonds. The Morgan fingerprint density at radius 2 is 2.31 bits per heavy atom. The first kappa shape index (κ1) is 11.3. The normalized spacial score (nSPS) is 16.9. The average molecular weight is 236 g/mol. The first-order valence-electron chi connectivity index (χ1n) is 5.40. The van der Waals surface area contributed by atoms with E-state index >= 15 is 0 Å². The molecule has 5 heteroatoms. The summed E-state index contributed by atoms with van der Waals surface area (Å²) >= 11 is 2.00. The molecule has 2 heterocycles. The molecule has 0 bridgehead atoms. The molecule has 3 N–H and O–H groups in total. The molecule has 0 aromatic carbocycles. The van der Waals surface area contributed by atoms with Gasteiger partial charge in [0.05, 0.1) is 0 Å². The van der Waals surface area contributed by atoms with E-state index in [0.717, 1.165) is 24.5 Å². The first-order valence-corrected chi connectivity index (χ1v) is 6.56. The lowest BCUT2D eigenvalue weighted by Crippen LogP contribution is -2.26. The Bertz CT molecular complexity index is 372. The second-order valence-corrected chi connectivity index (χ2v) is 4.99. The number of hydrogen-bond donors (Lipinski definition) is 2. The van der Waals surface area contributed by atoms with Gasteiger partial charge in [0, 0.05) is 30.7 Å². The topological polar surface area (TPSA) is 66.0 Å². The molecule has 1 fully saturated rings. The Balaban J connectivity index is 2.18. The summed E-state index contributed by atoms with van der Waals surface area (Å²) in [7, 11) is 0. The zero-order chi connectivity index (χ0) is 11.4. The molecular formula is C11H16N4S. The van der Waals surface area contributed by atoms with E-state index in [9.17, 15) is 0 Å². The molecule has 0 spiro atoms. The van der Waals surface area contributed by atoms with Crippen molar-refractivity contribution in [1.29, 1.82) is 5.41 Å². The quantitative estimate of drug-likeness (QED) is 0.600. The Labute approximate surface area is 99.7 Å². The van der Waals surface area contributed by atoms with E-state index in [0.29, 0.717) is 5.69 Å². The number of nitrogens with one attached hydrogen (secondary N) is 1. The fourth-order valence-corrected chi connectivity index (χ4v) is 2.65. The van der Waals surface area contributed by atoms with Gasteiger partial charge in [-0.05, 0) is 24.3 Å². The second kappa shape index (κ2) is 5.21. The predicted octanol–water partition coefficient (Wildman–Crippen LogP) is 1.31. The van der Waals surface area contributed by atoms with E-state index in [-0.39, 0.29) is 5.84 Å². The summed E-state index contributed by atoms with van der Waals surface area (Å²) in [5.41, 5.74) is 7.13. The minimum Gasteiger partial charge on any atom is -0.382 e. The zero-order valence-electron chi connectivity index (χ0n) is 9.15. The lowest BCUT2D eigenvalue weighted by molar-refractivity contribution is 0.815. The molecular weight excluding hydrogens is 220 g/mol. The Hall–Kier alpha value is -1.23. The summed E-state index contributed by atoms with van der Waals surface area (Å²) in [6.45, 7) is 2.14. The third-order valence-corrected chi connectivity index (χ3v) is 3.66. The highest BCUT2D eigenvalue weighted by Gasteiger charge is 2.11. The van der Waals surface area contributed by atoms with E-state index in [1.54, 1.807) is 6.20 Å². The van der Waals surface area contributed by atoms with Crippen LogP contribution in [0.2, 0.25) is 0 Å². The van der Waals surface area contributed by atoms with Crippen molar-refractivity contribution in [2.75, 3.05) is 29.5 Å². The number of hydrogen-bond acceptors (Lipinski definition) is 4. The van der Waals surface area contributed by atoms with E-state index in [2.05, 4.69) is 9.88 Å². The lowest BCUT2D eigenvalue weighted by atomic mass is 10.2. The maximum Gasteiger partial charge on any atom is 0.141 e. The standard InChI is InChI=1S/C11H16N4S/c12-11(13)10-8-9(2-3-14-10)15-4-1-6-16-7-5-15/h2-3,8H,1,4-7H2,(H3,12,13). The Morgan fingerprint density at radius 3 is 3.12 bits per heavy atom. The number of nitrogens with two attached hydrogens (primary N) is 1. The van der Waals surface area contributed by atoms with Crippen molar-refractivity contribution < 1.29 is 0 Å². The summed E-state index contributed by atoms with van der Waals surface area (Å²) in [6, 6.07) is 3.89. The van der Waals surface area contributed by atoms with Crippen molar-refractivity contribution in [3.05, 3.63) is 24.0 Å². The number of amidine groups is 1. The Morgan fingerprint density at radius 1 is 1.44 bits per heavy atom. The summed E-state index contributed by atoms with van der Waals surface area (Å²) in [5.74, 6) is 2.44. The van der Waals surface area contributed by atoms with Crippen molar-refractivity contribution in [2.45, 2.75) is 6.42 Å². The summed E-state index contributed by atoms with van der Waals surface area (Å²) in [5, 5.41) is 7.38. The van der Waals surface area contributed by atoms with Gasteiger partial charge in [0.25, 0.3) is 0 Å². The van der Waals surface area contributed by atoms with Gasteiger partial charge in [0.1, 0.15) is 11.5 Å². The fourth-order valence-electron chi connectivity index (χ4n) is 1.77. The van der Waals surface area contributed by atoms with Crippen LogP contribution >= 0.6 is 11.8 Å². The van der Waals surface area contributed by atoms with Gasteiger partial charge in [-0.15, -0.1) is 0 Å². The molecule has 16 heavy (non-hydrogen) atoms. The molecule has 0 unspecified atom stereocenters. The van der Waals surface area contributed by atoms with Crippen LogP contribution in [0.1, 0.15) is 12.1 Å². The number of anilines is 1. The summed E-state index contributed by atoms with van der Waals surface area (Å²) in [4.78, 5) is 6.42. The highest BCUT2D eigenvalue weighted by molar-refractivity contribution is 7.99. The molecule has 0 saturated carbocycles. The third kappa shape index (κ3) is 2.66. The molecule has 1 aromatic heterocycles. The first-order chi connectivity index (χ1) is 7.77. The fraction of sp³-hybridized carbons (Fsp3) is 0.455. The predicted molar refractivity (Wildman–Crippen MR) is 69.4 cm³/mol. The highest BCUT2D eigenvalue weighted by atomic mass is 32.2. The van der Waals surface area contributed by atoms with Crippen LogP contribution in [0.3, 0.4) is 0 Å². The van der Waals surface area contributed by atoms with Gasteiger partial charge in [-0.25, -0.2) is 0 Å². The highest BCUT2D eigenvalue weighted by Crippen LogP contribution is 2.19. The van der Waals surface area contributed by atoms with E-state index in [1.165, 1.54) is 12.2 Å². The third-order valence-electron chi connectivity index (χ3n) is 2.61. The number of aromatic nitrogens is 1. The van der Waals surface area contributed by atoms with Crippen LogP contribution < -0.4 is 10.6 Å². The minimum absolute atomic E-state index is 0.0334. The molecule has 86 valence electrons. The number of pyridine rings is 1. The lowest BCUT2D eigenvalue weighted by Gasteiger charge is -2.22. The zero-order valence-corrected chi connectivity index (χ0v) is 9.96. The van der Waals surface area contributed by atoms with Gasteiger partial charge < -0.3 is 10.6 Å². The van der Waals surface area contributed by atoms with E-state index in [4.69, 9.17) is 11.1 Å². The van der Waals surface area contributed by atoms with Gasteiger partial charge in [0.15, 0.2) is 0 Å². The molecule has 1 aliphatic heterocycles. The molecule has 0 aliphatic carbocycles. The van der Waals surface area contributed by atoms with Crippen molar-refractivity contribution >= 4 is 23.3 Å². The summed E-state index contributed by atoms with van der Waals surface area (Å²) in [6.07, 6.45) is 2.94. The monoisotopic (exact) mass is 236 g/mol. The van der Waals surface area contributed by atoms with Crippen LogP contribution in [0.5, 0.6) is 0 Å². The molecule has 0 atom stereocenters. The van der Waals surface area contributed by atoms with Crippen molar-refractivity contribution in [1.82, 2.24) is 4.98 Å². The van der Waals surface area contributed by atoms with Gasteiger partial charge in [0.2, 0.25) is 0 Å². The maximum absolute atomic E-state index is 7.38. The van der Waals surface area contributed by atoms with Crippen LogP contribution in [0.15, 0.2) is 18.3 Å². The second-order valence-electron chi connectivity index (χ2n) is 3.77. The molecule has 2 rings (SSSR count). The minimum atomic E-state index is 0.0334. The van der Waals surface area contributed by atoms with Gasteiger partial charge in [-0.1, -0.05) is 0 Å². The van der Waals surface area contributed by atoms with Crippen LogP contribution in [0, 0.1) is 5.41 Å². The van der Waals surface area contributed by atoms with E-state index < -0.39 is 0 Å². The van der Waals surface area contributed by atoms with Gasteiger partial charge in [-0.3, -0.25) is 10.4 Å². The van der Waals surface area contributed by atoms with Crippen LogP contribution in [-0.2, 0) is 0 Å². The van der Waals surface area contributed by atoms with Crippen molar-refractivity contribution in [3.8, 4) is 0 Å². The van der Waals surface area contributed by atoms with Crippen LogP contribution in [0.25, 0.3) is 0 Å². The SMILES string of the molecule is N=C(N)c1cc(N2CCCSCC2)ccn1. The average Bonchev–Trinajstić information content (AvgIpc) is 2.57. The van der Waals surface area contributed by atoms with Crippen LogP contribution in [0.4, 0.5) is 5.69 Å².